The lowest BCUT2D eigenvalue weighted by Gasteiger charge is -2.38. The number of hydrogen-bond donors (Lipinski definition) is 2. The number of alkyl halides is 3. The van der Waals surface area contributed by atoms with Crippen molar-refractivity contribution >= 4 is 11.6 Å². The topological polar surface area (TPSA) is 53.4 Å². The molecule has 0 aliphatic carbocycles. The Morgan fingerprint density at radius 2 is 1.77 bits per heavy atom. The van der Waals surface area contributed by atoms with E-state index in [1.807, 2.05) is 0 Å². The minimum Gasteiger partial charge on any atom is -0.508 e. The monoisotopic (exact) mass is 391 g/mol. The third kappa shape index (κ3) is 4.45. The van der Waals surface area contributed by atoms with Crippen LogP contribution in [0.1, 0.15) is 31.4 Å². The molecule has 0 saturated heterocycles. The third-order valence-electron chi connectivity index (χ3n) is 4.24. The molecule has 0 radical (unpaired) electrons. The van der Waals surface area contributed by atoms with Crippen LogP contribution < -0.4 is 0 Å². The predicted octanol–water partition coefficient (Wildman–Crippen LogP) is 4.78. The number of pyridine rings is 1. The van der Waals surface area contributed by atoms with Crippen molar-refractivity contribution in [2.45, 2.75) is 43.9 Å². The number of nitrogens with zero attached hydrogens (tertiary/aromatic N) is 1. The van der Waals surface area contributed by atoms with Gasteiger partial charge >= 0.3 is 6.18 Å². The molecule has 1 aromatic carbocycles. The summed E-state index contributed by atoms with van der Waals surface area (Å²) >= 11 is 5.71. The van der Waals surface area contributed by atoms with Gasteiger partial charge in [0.15, 0.2) is 5.60 Å². The highest BCUT2D eigenvalue weighted by Crippen LogP contribution is 2.44. The van der Waals surface area contributed by atoms with Crippen molar-refractivity contribution < 1.29 is 27.8 Å². The summed E-state index contributed by atoms with van der Waals surface area (Å²) in [6.45, 7) is 2.80. The molecule has 142 valence electrons. The Labute approximate surface area is 153 Å². The summed E-state index contributed by atoms with van der Waals surface area (Å²) in [6.07, 6.45) is -5.25. The van der Waals surface area contributed by atoms with Gasteiger partial charge in [-0.05, 0) is 47.7 Å². The number of phenolic OH excluding ortho intramolecular Hbond substituents is 1. The van der Waals surface area contributed by atoms with Gasteiger partial charge in [-0.15, -0.1) is 0 Å². The Balaban J connectivity index is 2.42. The van der Waals surface area contributed by atoms with E-state index in [1.165, 1.54) is 32.2 Å². The molecule has 1 atom stereocenters. The molecule has 2 rings (SSSR count). The van der Waals surface area contributed by atoms with Gasteiger partial charge in [0.2, 0.25) is 0 Å². The molecule has 0 amide bonds. The molecule has 0 aliphatic heterocycles. The molecule has 0 bridgehead atoms. The maximum atomic E-state index is 13.7. The molecule has 1 aromatic heterocycles. The largest absolute Gasteiger partial charge is 0.508 e. The molecule has 8 heteroatoms. The fourth-order valence-corrected chi connectivity index (χ4v) is 3.23. The molecule has 0 fully saturated rings. The van der Waals surface area contributed by atoms with Gasteiger partial charge in [0, 0.05) is 18.2 Å². The summed E-state index contributed by atoms with van der Waals surface area (Å²) in [5.74, 6) is -1.03. The highest BCUT2D eigenvalue weighted by Gasteiger charge is 2.56. The van der Waals surface area contributed by atoms with E-state index in [4.69, 9.17) is 11.6 Å². The first-order chi connectivity index (χ1) is 11.8. The molecule has 1 unspecified atom stereocenters. The molecule has 2 aromatic rings. The fraction of sp³-hybridized carbons (Fsp3) is 0.389. The van der Waals surface area contributed by atoms with Gasteiger partial charge in [-0.1, -0.05) is 25.4 Å². The minimum absolute atomic E-state index is 0.00839. The number of aromatic hydroxyl groups is 1. The molecule has 0 saturated carbocycles. The Hall–Kier alpha value is -1.86. The summed E-state index contributed by atoms with van der Waals surface area (Å²) < 4.78 is 54.6. The number of aromatic nitrogens is 1. The van der Waals surface area contributed by atoms with Crippen LogP contribution in [0.3, 0.4) is 0 Å². The van der Waals surface area contributed by atoms with Crippen LogP contribution in [0.2, 0.25) is 5.15 Å². The van der Waals surface area contributed by atoms with Crippen molar-refractivity contribution in [3.8, 4) is 5.75 Å². The zero-order chi connectivity index (χ0) is 19.8. The Kier molecular flexibility index (Phi) is 5.54. The molecule has 3 nitrogen and oxygen atoms in total. The predicted molar refractivity (Wildman–Crippen MR) is 89.7 cm³/mol. The third-order valence-corrected chi connectivity index (χ3v) is 4.44. The van der Waals surface area contributed by atoms with Crippen molar-refractivity contribution in [1.82, 2.24) is 4.98 Å². The van der Waals surface area contributed by atoms with Gasteiger partial charge in [-0.2, -0.15) is 13.2 Å². The van der Waals surface area contributed by atoms with E-state index in [0.29, 0.717) is 0 Å². The number of benzene rings is 1. The Morgan fingerprint density at radius 1 is 1.12 bits per heavy atom. The molecule has 2 N–H and O–H groups in total. The quantitative estimate of drug-likeness (QED) is 0.569. The first-order valence-corrected chi connectivity index (χ1v) is 8.10. The van der Waals surface area contributed by atoms with E-state index < -0.39 is 35.9 Å². The number of aliphatic hydroxyl groups is 1. The lowest BCUT2D eigenvalue weighted by molar-refractivity contribution is -0.266. The first-order valence-electron chi connectivity index (χ1n) is 7.73. The zero-order valence-corrected chi connectivity index (χ0v) is 14.9. The first kappa shape index (κ1) is 20.5. The van der Waals surface area contributed by atoms with Crippen LogP contribution in [0.15, 0.2) is 36.5 Å². The number of rotatable bonds is 5. The second kappa shape index (κ2) is 7.04. The van der Waals surface area contributed by atoms with E-state index in [2.05, 4.69) is 4.98 Å². The molecular formula is C18H18ClF4NO2. The van der Waals surface area contributed by atoms with E-state index in [9.17, 15) is 27.8 Å². The summed E-state index contributed by atoms with van der Waals surface area (Å²) in [5.41, 5.74) is -4.34. The van der Waals surface area contributed by atoms with Gasteiger partial charge in [-0.25, -0.2) is 9.37 Å². The van der Waals surface area contributed by atoms with E-state index in [0.717, 1.165) is 18.2 Å². The number of phenols is 1. The van der Waals surface area contributed by atoms with Gasteiger partial charge in [0.05, 0.1) is 0 Å². The average Bonchev–Trinajstić information content (AvgIpc) is 2.48. The Morgan fingerprint density at radius 3 is 2.35 bits per heavy atom. The second-order valence-electron chi connectivity index (χ2n) is 6.92. The fourth-order valence-electron chi connectivity index (χ4n) is 3.03. The second-order valence-corrected chi connectivity index (χ2v) is 7.30. The van der Waals surface area contributed by atoms with Gasteiger partial charge in [0.25, 0.3) is 0 Å². The van der Waals surface area contributed by atoms with Crippen LogP contribution >= 0.6 is 11.6 Å². The smallest absolute Gasteiger partial charge is 0.417 e. The Bertz CT molecular complexity index is 795. The highest BCUT2D eigenvalue weighted by atomic mass is 35.5. The van der Waals surface area contributed by atoms with Crippen LogP contribution in [0, 0.1) is 5.82 Å². The summed E-state index contributed by atoms with van der Waals surface area (Å²) in [5, 5.41) is 20.4. The molecule has 0 spiro atoms. The molecule has 0 aliphatic rings. The summed E-state index contributed by atoms with van der Waals surface area (Å²) in [6, 6.07) is 5.61. The van der Waals surface area contributed by atoms with Crippen molar-refractivity contribution in [2.75, 3.05) is 0 Å². The van der Waals surface area contributed by atoms with Crippen molar-refractivity contribution in [3.05, 3.63) is 58.6 Å². The lowest BCUT2D eigenvalue weighted by Crippen LogP contribution is -2.50. The van der Waals surface area contributed by atoms with E-state index >= 15 is 0 Å². The van der Waals surface area contributed by atoms with Crippen LogP contribution in [0.5, 0.6) is 5.75 Å². The number of halogens is 5. The molecular weight excluding hydrogens is 374 g/mol. The minimum atomic E-state index is -4.96. The van der Waals surface area contributed by atoms with Gasteiger partial charge in [0.1, 0.15) is 16.7 Å². The maximum absolute atomic E-state index is 13.7. The normalized spacial score (nSPS) is 14.9. The standard InChI is InChI=1S/C18H18ClF4NO2/c1-16(2,13-8-12(20)3-4-14(13)25)10-17(26,18(21,22)23)9-11-5-6-24-15(19)7-11/h3-8,25-26H,9-10H2,1-2H3. The van der Waals surface area contributed by atoms with Crippen LogP contribution in [-0.2, 0) is 11.8 Å². The zero-order valence-electron chi connectivity index (χ0n) is 14.1. The highest BCUT2D eigenvalue weighted by molar-refractivity contribution is 6.29. The van der Waals surface area contributed by atoms with E-state index in [1.54, 1.807) is 0 Å². The van der Waals surface area contributed by atoms with Crippen molar-refractivity contribution in [2.24, 2.45) is 0 Å². The number of hydrogen-bond acceptors (Lipinski definition) is 3. The summed E-state index contributed by atoms with van der Waals surface area (Å²) in [4.78, 5) is 3.70. The molecule has 26 heavy (non-hydrogen) atoms. The summed E-state index contributed by atoms with van der Waals surface area (Å²) in [7, 11) is 0. The van der Waals surface area contributed by atoms with Gasteiger partial charge < -0.3 is 10.2 Å². The van der Waals surface area contributed by atoms with E-state index in [-0.39, 0.29) is 22.0 Å². The van der Waals surface area contributed by atoms with Crippen LogP contribution in [0.25, 0.3) is 0 Å². The van der Waals surface area contributed by atoms with Crippen LogP contribution in [-0.4, -0.2) is 27.0 Å². The SMILES string of the molecule is CC(C)(CC(O)(Cc1ccnc(Cl)c1)C(F)(F)F)c1cc(F)ccc1O. The molecule has 1 heterocycles. The maximum Gasteiger partial charge on any atom is 0.417 e. The van der Waals surface area contributed by atoms with Crippen molar-refractivity contribution in [1.29, 1.82) is 0 Å². The van der Waals surface area contributed by atoms with Crippen LogP contribution in [0.4, 0.5) is 17.6 Å². The average molecular weight is 392 g/mol. The lowest BCUT2D eigenvalue weighted by atomic mass is 9.73. The van der Waals surface area contributed by atoms with Gasteiger partial charge in [-0.3, -0.25) is 0 Å². The van der Waals surface area contributed by atoms with Crippen molar-refractivity contribution in [3.63, 3.8) is 0 Å².